The van der Waals surface area contributed by atoms with E-state index in [0.717, 1.165) is 18.2 Å². The van der Waals surface area contributed by atoms with Crippen molar-refractivity contribution in [1.82, 2.24) is 9.78 Å². The molecule has 0 bridgehead atoms. The number of carbonyl (C=O) groups is 1. The Hall–Kier alpha value is -3.27. The summed E-state index contributed by atoms with van der Waals surface area (Å²) in [5, 5.41) is 6.92. The van der Waals surface area contributed by atoms with E-state index in [9.17, 15) is 22.0 Å². The molecule has 28 heavy (non-hydrogen) atoms. The number of carbonyl (C=O) groups excluding carboxylic acids is 1. The van der Waals surface area contributed by atoms with Crippen molar-refractivity contribution in [2.75, 3.05) is 10.0 Å². The van der Waals surface area contributed by atoms with Gasteiger partial charge >= 0.3 is 0 Å². The maximum absolute atomic E-state index is 13.8. The highest BCUT2D eigenvalue weighted by atomic mass is 32.2. The van der Waals surface area contributed by atoms with Gasteiger partial charge in [-0.05, 0) is 43.3 Å². The maximum atomic E-state index is 13.8. The van der Waals surface area contributed by atoms with Gasteiger partial charge in [-0.1, -0.05) is 6.07 Å². The summed E-state index contributed by atoms with van der Waals surface area (Å²) in [5.74, 6) is -2.18. The van der Waals surface area contributed by atoms with Crippen LogP contribution in [0.4, 0.5) is 20.3 Å². The molecule has 2 N–H and O–H groups in total. The van der Waals surface area contributed by atoms with Gasteiger partial charge in [0.05, 0.1) is 11.4 Å². The lowest BCUT2D eigenvalue weighted by molar-refractivity contribution is -0.114. The predicted molar refractivity (Wildman–Crippen MR) is 99.8 cm³/mol. The highest BCUT2D eigenvalue weighted by molar-refractivity contribution is 7.92. The monoisotopic (exact) mass is 406 g/mol. The minimum atomic E-state index is -4.45. The fourth-order valence-electron chi connectivity index (χ4n) is 2.58. The Bertz CT molecular complexity index is 1120. The molecule has 0 unspecified atom stereocenters. The van der Waals surface area contributed by atoms with Crippen LogP contribution in [0.25, 0.3) is 5.69 Å². The fourth-order valence-corrected chi connectivity index (χ4v) is 3.78. The van der Waals surface area contributed by atoms with E-state index in [-0.39, 0.29) is 11.6 Å². The van der Waals surface area contributed by atoms with Crippen molar-refractivity contribution in [3.63, 3.8) is 0 Å². The topological polar surface area (TPSA) is 93.1 Å². The predicted octanol–water partition coefficient (Wildman–Crippen LogP) is 3.22. The third kappa shape index (κ3) is 4.01. The minimum absolute atomic E-state index is 0.108. The van der Waals surface area contributed by atoms with E-state index < -0.39 is 26.6 Å². The molecule has 10 heteroatoms. The molecule has 2 aromatic carbocycles. The Morgan fingerprint density at radius 3 is 2.25 bits per heavy atom. The standard InChI is InChI=1S/C18H16F2N4O3S/c1-11-10-17(21-12(2)25)24(22-11)14-8-6-13(7-9-14)23-28(26,27)18-15(19)4-3-5-16(18)20/h3-10,23H,1-2H3,(H,21,25). The number of halogens is 2. The van der Waals surface area contributed by atoms with Crippen LogP contribution < -0.4 is 10.0 Å². The zero-order valence-electron chi connectivity index (χ0n) is 14.9. The minimum Gasteiger partial charge on any atom is -0.311 e. The van der Waals surface area contributed by atoms with Crippen molar-refractivity contribution in [3.05, 3.63) is 65.9 Å². The Balaban J connectivity index is 1.89. The lowest BCUT2D eigenvalue weighted by atomic mass is 10.3. The quantitative estimate of drug-likeness (QED) is 0.680. The third-order valence-corrected chi connectivity index (χ3v) is 5.12. The van der Waals surface area contributed by atoms with Gasteiger partial charge in [0, 0.05) is 18.7 Å². The van der Waals surface area contributed by atoms with Gasteiger partial charge in [-0.15, -0.1) is 0 Å². The molecule has 0 atom stereocenters. The zero-order chi connectivity index (χ0) is 20.5. The summed E-state index contributed by atoms with van der Waals surface area (Å²) in [4.78, 5) is 10.3. The molecule has 7 nitrogen and oxygen atoms in total. The van der Waals surface area contributed by atoms with Gasteiger partial charge in [0.2, 0.25) is 5.91 Å². The molecule has 0 saturated heterocycles. The Labute approximate surface area is 160 Å². The highest BCUT2D eigenvalue weighted by Gasteiger charge is 2.23. The van der Waals surface area contributed by atoms with Gasteiger partial charge in [-0.2, -0.15) is 5.10 Å². The summed E-state index contributed by atoms with van der Waals surface area (Å²) in [7, 11) is -4.45. The molecule has 1 heterocycles. The van der Waals surface area contributed by atoms with Gasteiger partial charge in [0.25, 0.3) is 10.0 Å². The highest BCUT2D eigenvalue weighted by Crippen LogP contribution is 2.23. The number of aryl methyl sites for hydroxylation is 1. The average Bonchev–Trinajstić information content (AvgIpc) is 2.94. The van der Waals surface area contributed by atoms with E-state index in [2.05, 4.69) is 15.1 Å². The molecular formula is C18H16F2N4O3S. The van der Waals surface area contributed by atoms with Gasteiger partial charge < -0.3 is 5.32 Å². The number of benzene rings is 2. The summed E-state index contributed by atoms with van der Waals surface area (Å²) >= 11 is 0. The first kappa shape index (κ1) is 19.5. The molecule has 0 aliphatic carbocycles. The lowest BCUT2D eigenvalue weighted by Gasteiger charge is -2.11. The second-order valence-electron chi connectivity index (χ2n) is 5.97. The Kier molecular flexibility index (Phi) is 5.14. The summed E-state index contributed by atoms with van der Waals surface area (Å²) in [6.45, 7) is 3.12. The number of nitrogens with one attached hydrogen (secondary N) is 2. The van der Waals surface area contributed by atoms with E-state index in [1.54, 1.807) is 25.1 Å². The molecule has 0 radical (unpaired) electrons. The molecule has 3 rings (SSSR count). The van der Waals surface area contributed by atoms with Crippen LogP contribution in [-0.4, -0.2) is 24.1 Å². The number of rotatable bonds is 5. The first-order chi connectivity index (χ1) is 13.2. The van der Waals surface area contributed by atoms with Crippen molar-refractivity contribution in [2.24, 2.45) is 0 Å². The second-order valence-corrected chi connectivity index (χ2v) is 7.59. The summed E-state index contributed by atoms with van der Waals surface area (Å²) in [6, 6.07) is 10.4. The average molecular weight is 406 g/mol. The van der Waals surface area contributed by atoms with E-state index in [0.29, 0.717) is 17.2 Å². The summed E-state index contributed by atoms with van der Waals surface area (Å²) < 4.78 is 55.8. The van der Waals surface area contributed by atoms with Crippen molar-refractivity contribution in [1.29, 1.82) is 0 Å². The number of sulfonamides is 1. The van der Waals surface area contributed by atoms with Crippen LogP contribution in [0.15, 0.2) is 53.4 Å². The molecule has 0 aliphatic heterocycles. The van der Waals surface area contributed by atoms with Gasteiger partial charge in [-0.25, -0.2) is 21.9 Å². The number of anilines is 2. The molecule has 3 aromatic rings. The van der Waals surface area contributed by atoms with Crippen molar-refractivity contribution in [2.45, 2.75) is 18.7 Å². The number of nitrogens with zero attached hydrogens (tertiary/aromatic N) is 2. The van der Waals surface area contributed by atoms with Gasteiger partial charge in [-0.3, -0.25) is 9.52 Å². The second kappa shape index (κ2) is 7.39. The zero-order valence-corrected chi connectivity index (χ0v) is 15.7. The van der Waals surface area contributed by atoms with Crippen LogP contribution in [0.3, 0.4) is 0 Å². The molecule has 146 valence electrons. The summed E-state index contributed by atoms with van der Waals surface area (Å²) in [6.07, 6.45) is 0. The van der Waals surface area contributed by atoms with Crippen LogP contribution in [0.2, 0.25) is 0 Å². The molecule has 1 aromatic heterocycles. The van der Waals surface area contributed by atoms with E-state index >= 15 is 0 Å². The maximum Gasteiger partial charge on any atom is 0.267 e. The molecular weight excluding hydrogens is 390 g/mol. The molecule has 1 amide bonds. The lowest BCUT2D eigenvalue weighted by Crippen LogP contribution is -2.16. The normalized spacial score (nSPS) is 11.3. The van der Waals surface area contributed by atoms with Crippen molar-refractivity contribution >= 4 is 27.4 Å². The SMILES string of the molecule is CC(=O)Nc1cc(C)nn1-c1ccc(NS(=O)(=O)c2c(F)cccc2F)cc1. The van der Waals surface area contributed by atoms with Crippen LogP contribution >= 0.6 is 0 Å². The van der Waals surface area contributed by atoms with E-state index in [1.807, 2.05) is 0 Å². The van der Waals surface area contributed by atoms with Crippen LogP contribution in [0.1, 0.15) is 12.6 Å². The fraction of sp³-hybridized carbons (Fsp3) is 0.111. The molecule has 0 fully saturated rings. The van der Waals surface area contributed by atoms with Crippen molar-refractivity contribution in [3.8, 4) is 5.69 Å². The molecule has 0 aliphatic rings. The third-order valence-electron chi connectivity index (χ3n) is 3.69. The van der Waals surface area contributed by atoms with Crippen LogP contribution in [0, 0.1) is 18.6 Å². The van der Waals surface area contributed by atoms with E-state index in [1.165, 1.54) is 23.7 Å². The number of amides is 1. The first-order valence-corrected chi connectivity index (χ1v) is 9.57. The summed E-state index contributed by atoms with van der Waals surface area (Å²) in [5.41, 5.74) is 1.33. The smallest absolute Gasteiger partial charge is 0.267 e. The first-order valence-electron chi connectivity index (χ1n) is 8.09. The van der Waals surface area contributed by atoms with Crippen molar-refractivity contribution < 1.29 is 22.0 Å². The molecule has 0 saturated carbocycles. The van der Waals surface area contributed by atoms with Crippen LogP contribution in [0.5, 0.6) is 0 Å². The largest absolute Gasteiger partial charge is 0.311 e. The number of hydrogen-bond donors (Lipinski definition) is 2. The van der Waals surface area contributed by atoms with Crippen LogP contribution in [-0.2, 0) is 14.8 Å². The number of aromatic nitrogens is 2. The number of hydrogen-bond acceptors (Lipinski definition) is 4. The van der Waals surface area contributed by atoms with Gasteiger partial charge in [0.15, 0.2) is 4.90 Å². The van der Waals surface area contributed by atoms with E-state index in [4.69, 9.17) is 0 Å². The Morgan fingerprint density at radius 1 is 1.07 bits per heavy atom. The Morgan fingerprint density at radius 2 is 1.68 bits per heavy atom. The molecule has 0 spiro atoms. The van der Waals surface area contributed by atoms with Gasteiger partial charge in [0.1, 0.15) is 17.5 Å².